The van der Waals surface area contributed by atoms with Crippen LogP contribution in [0.4, 0.5) is 0 Å². The van der Waals surface area contributed by atoms with Crippen LogP contribution in [-0.2, 0) is 5.88 Å². The first kappa shape index (κ1) is 11.7. The maximum Gasteiger partial charge on any atom is 0.122 e. The average molecular weight is 240 g/mol. The van der Waals surface area contributed by atoms with Gasteiger partial charge in [-0.1, -0.05) is 19.3 Å². The highest BCUT2D eigenvalue weighted by Crippen LogP contribution is 2.24. The van der Waals surface area contributed by atoms with Crippen molar-refractivity contribution in [1.29, 1.82) is 0 Å². The molecule has 2 nitrogen and oxygen atoms in total. The molecule has 0 saturated heterocycles. The Hall–Kier alpha value is -0.760. The first-order valence-electron chi connectivity index (χ1n) is 6.02. The molecular formula is C13H18ClNO. The molecule has 1 aromatic heterocycles. The van der Waals surface area contributed by atoms with Crippen molar-refractivity contribution in [3.05, 3.63) is 24.0 Å². The molecule has 1 fully saturated rings. The molecule has 88 valence electrons. The van der Waals surface area contributed by atoms with Gasteiger partial charge in [0.05, 0.1) is 18.2 Å². The van der Waals surface area contributed by atoms with Crippen LogP contribution in [0.2, 0.25) is 0 Å². The topological polar surface area (TPSA) is 22.1 Å². The monoisotopic (exact) mass is 239 g/mol. The summed E-state index contributed by atoms with van der Waals surface area (Å²) in [4.78, 5) is 4.14. The van der Waals surface area contributed by atoms with E-state index in [0.29, 0.717) is 5.88 Å². The van der Waals surface area contributed by atoms with Gasteiger partial charge in [0.25, 0.3) is 0 Å². The van der Waals surface area contributed by atoms with E-state index in [9.17, 15) is 0 Å². The fourth-order valence-electron chi connectivity index (χ4n) is 2.19. The smallest absolute Gasteiger partial charge is 0.122 e. The number of aromatic nitrogens is 1. The molecule has 16 heavy (non-hydrogen) atoms. The standard InChI is InChI=1S/C13H18ClNO/c14-9-12-8-13(6-7-15-12)16-10-11-4-2-1-3-5-11/h6-8,11H,1-5,9-10H2. The van der Waals surface area contributed by atoms with E-state index in [1.165, 1.54) is 32.1 Å². The van der Waals surface area contributed by atoms with Crippen LogP contribution in [0.3, 0.4) is 0 Å². The fourth-order valence-corrected chi connectivity index (χ4v) is 2.33. The highest BCUT2D eigenvalue weighted by Gasteiger charge is 2.13. The third-order valence-corrected chi connectivity index (χ3v) is 3.41. The first-order valence-corrected chi connectivity index (χ1v) is 6.55. The van der Waals surface area contributed by atoms with Crippen LogP contribution >= 0.6 is 11.6 Å². The number of ether oxygens (including phenoxy) is 1. The van der Waals surface area contributed by atoms with Gasteiger partial charge in [-0.05, 0) is 24.8 Å². The molecule has 1 heterocycles. The summed E-state index contributed by atoms with van der Waals surface area (Å²) in [5, 5.41) is 0. The first-order chi connectivity index (χ1) is 7.88. The third-order valence-electron chi connectivity index (χ3n) is 3.14. The van der Waals surface area contributed by atoms with Crippen molar-refractivity contribution in [3.8, 4) is 5.75 Å². The van der Waals surface area contributed by atoms with Crippen molar-refractivity contribution in [2.24, 2.45) is 5.92 Å². The second-order valence-corrected chi connectivity index (χ2v) is 4.70. The van der Waals surface area contributed by atoms with E-state index in [-0.39, 0.29) is 0 Å². The van der Waals surface area contributed by atoms with Gasteiger partial charge in [-0.25, -0.2) is 0 Å². The Morgan fingerprint density at radius 1 is 1.31 bits per heavy atom. The summed E-state index contributed by atoms with van der Waals surface area (Å²) < 4.78 is 5.79. The second-order valence-electron chi connectivity index (χ2n) is 4.43. The van der Waals surface area contributed by atoms with E-state index in [1.54, 1.807) is 6.20 Å². The summed E-state index contributed by atoms with van der Waals surface area (Å²) >= 11 is 5.73. The zero-order valence-corrected chi connectivity index (χ0v) is 10.2. The van der Waals surface area contributed by atoms with E-state index in [1.807, 2.05) is 12.1 Å². The van der Waals surface area contributed by atoms with Crippen LogP contribution in [0.5, 0.6) is 5.75 Å². The highest BCUT2D eigenvalue weighted by molar-refractivity contribution is 6.16. The number of pyridine rings is 1. The van der Waals surface area contributed by atoms with Gasteiger partial charge in [-0.2, -0.15) is 0 Å². The minimum atomic E-state index is 0.445. The summed E-state index contributed by atoms with van der Waals surface area (Å²) in [5.74, 6) is 2.08. The van der Waals surface area contributed by atoms with E-state index >= 15 is 0 Å². The molecule has 1 aliphatic rings. The normalized spacial score (nSPS) is 17.3. The molecule has 3 heteroatoms. The Kier molecular flexibility index (Phi) is 4.46. The van der Waals surface area contributed by atoms with Gasteiger partial charge >= 0.3 is 0 Å². The molecule has 0 aliphatic heterocycles. The largest absolute Gasteiger partial charge is 0.493 e. The Labute approximate surface area is 102 Å². The van der Waals surface area contributed by atoms with Crippen LogP contribution in [0.1, 0.15) is 37.8 Å². The molecule has 0 atom stereocenters. The van der Waals surface area contributed by atoms with Crippen LogP contribution < -0.4 is 4.74 Å². The maximum atomic E-state index is 5.79. The Bertz CT molecular complexity index is 323. The van der Waals surface area contributed by atoms with E-state index in [4.69, 9.17) is 16.3 Å². The number of alkyl halides is 1. The molecule has 2 rings (SSSR count). The molecule has 0 spiro atoms. The SMILES string of the molecule is ClCc1cc(OCC2CCCCC2)ccn1. The van der Waals surface area contributed by atoms with Gasteiger partial charge < -0.3 is 4.74 Å². The number of hydrogen-bond acceptors (Lipinski definition) is 2. The number of rotatable bonds is 4. The third kappa shape index (κ3) is 3.38. The summed E-state index contributed by atoms with van der Waals surface area (Å²) in [6.45, 7) is 0.839. The summed E-state index contributed by atoms with van der Waals surface area (Å²) in [5.41, 5.74) is 0.878. The van der Waals surface area contributed by atoms with Gasteiger partial charge in [0.2, 0.25) is 0 Å². The van der Waals surface area contributed by atoms with E-state index in [0.717, 1.165) is 24.0 Å². The molecule has 0 N–H and O–H groups in total. The lowest BCUT2D eigenvalue weighted by Gasteiger charge is -2.21. The number of nitrogens with zero attached hydrogens (tertiary/aromatic N) is 1. The quantitative estimate of drug-likeness (QED) is 0.746. The highest BCUT2D eigenvalue weighted by atomic mass is 35.5. The molecule has 0 bridgehead atoms. The van der Waals surface area contributed by atoms with Gasteiger partial charge in [0, 0.05) is 12.3 Å². The summed E-state index contributed by atoms with van der Waals surface area (Å²) in [7, 11) is 0. The lowest BCUT2D eigenvalue weighted by Crippen LogP contribution is -2.15. The predicted molar refractivity (Wildman–Crippen MR) is 65.9 cm³/mol. The van der Waals surface area contributed by atoms with Crippen LogP contribution in [0.25, 0.3) is 0 Å². The number of halogens is 1. The zero-order chi connectivity index (χ0) is 11.2. The van der Waals surface area contributed by atoms with Gasteiger partial charge in [-0.15, -0.1) is 11.6 Å². The molecule has 1 saturated carbocycles. The van der Waals surface area contributed by atoms with Crippen molar-refractivity contribution < 1.29 is 4.74 Å². The minimum Gasteiger partial charge on any atom is -0.493 e. The van der Waals surface area contributed by atoms with Crippen molar-refractivity contribution in [1.82, 2.24) is 4.98 Å². The van der Waals surface area contributed by atoms with Crippen molar-refractivity contribution >= 4 is 11.6 Å². The van der Waals surface area contributed by atoms with Gasteiger partial charge in [0.15, 0.2) is 0 Å². The van der Waals surface area contributed by atoms with E-state index in [2.05, 4.69) is 4.98 Å². The lowest BCUT2D eigenvalue weighted by atomic mass is 9.90. The predicted octanol–water partition coefficient (Wildman–Crippen LogP) is 3.78. The average Bonchev–Trinajstić information content (AvgIpc) is 2.38. The zero-order valence-electron chi connectivity index (χ0n) is 9.49. The van der Waals surface area contributed by atoms with Gasteiger partial charge in [0.1, 0.15) is 5.75 Å². The molecule has 0 unspecified atom stereocenters. The molecule has 1 aromatic rings. The molecular weight excluding hydrogens is 222 g/mol. The number of hydrogen-bond donors (Lipinski definition) is 0. The Morgan fingerprint density at radius 3 is 2.88 bits per heavy atom. The fraction of sp³-hybridized carbons (Fsp3) is 0.615. The second kappa shape index (κ2) is 6.09. The van der Waals surface area contributed by atoms with Crippen LogP contribution in [-0.4, -0.2) is 11.6 Å². The van der Waals surface area contributed by atoms with Gasteiger partial charge in [-0.3, -0.25) is 4.98 Å². The van der Waals surface area contributed by atoms with E-state index < -0.39 is 0 Å². The maximum absolute atomic E-state index is 5.79. The molecule has 0 radical (unpaired) electrons. The molecule has 0 aromatic carbocycles. The summed E-state index contributed by atoms with van der Waals surface area (Å²) in [6.07, 6.45) is 8.49. The Morgan fingerprint density at radius 2 is 2.12 bits per heavy atom. The van der Waals surface area contributed by atoms with Crippen molar-refractivity contribution in [2.75, 3.05) is 6.61 Å². The van der Waals surface area contributed by atoms with Crippen LogP contribution in [0.15, 0.2) is 18.3 Å². The lowest BCUT2D eigenvalue weighted by molar-refractivity contribution is 0.208. The molecule has 1 aliphatic carbocycles. The van der Waals surface area contributed by atoms with Crippen LogP contribution in [0, 0.1) is 5.92 Å². The summed E-state index contributed by atoms with van der Waals surface area (Å²) in [6, 6.07) is 3.83. The minimum absolute atomic E-state index is 0.445. The van der Waals surface area contributed by atoms with Crippen molar-refractivity contribution in [3.63, 3.8) is 0 Å². The molecule has 0 amide bonds. The van der Waals surface area contributed by atoms with Crippen molar-refractivity contribution in [2.45, 2.75) is 38.0 Å². The Balaban J connectivity index is 1.83.